The second-order valence-corrected chi connectivity index (χ2v) is 5.31. The SMILES string of the molecule is O=C[C@@H]1CC2(OCCO2)c2ccccc2C12OCCO2. The number of hydrogen-bond donors (Lipinski definition) is 0. The molecule has 0 N–H and O–H groups in total. The van der Waals surface area contributed by atoms with Gasteiger partial charge in [-0.25, -0.2) is 0 Å². The molecule has 2 aliphatic heterocycles. The third-order valence-corrected chi connectivity index (χ3v) is 4.32. The topological polar surface area (TPSA) is 54.0 Å². The van der Waals surface area contributed by atoms with Crippen molar-refractivity contribution in [2.75, 3.05) is 26.4 Å². The molecular weight excluding hydrogens is 260 g/mol. The van der Waals surface area contributed by atoms with Gasteiger partial charge in [0.05, 0.1) is 32.3 Å². The van der Waals surface area contributed by atoms with Crippen molar-refractivity contribution in [1.29, 1.82) is 0 Å². The molecule has 0 bridgehead atoms. The molecule has 4 rings (SSSR count). The maximum Gasteiger partial charge on any atom is 0.205 e. The van der Waals surface area contributed by atoms with Crippen LogP contribution in [-0.2, 0) is 35.3 Å². The van der Waals surface area contributed by atoms with Gasteiger partial charge in [-0.3, -0.25) is 0 Å². The summed E-state index contributed by atoms with van der Waals surface area (Å²) < 4.78 is 23.4. The summed E-state index contributed by atoms with van der Waals surface area (Å²) in [5.41, 5.74) is 1.76. The molecule has 2 fully saturated rings. The number of aldehydes is 1. The van der Waals surface area contributed by atoms with Crippen molar-refractivity contribution >= 4 is 6.29 Å². The lowest BCUT2D eigenvalue weighted by Crippen LogP contribution is -2.49. The Kier molecular flexibility index (Phi) is 2.72. The van der Waals surface area contributed by atoms with Crippen LogP contribution in [0.1, 0.15) is 17.5 Å². The van der Waals surface area contributed by atoms with E-state index in [1.165, 1.54) is 0 Å². The molecule has 0 radical (unpaired) electrons. The van der Waals surface area contributed by atoms with E-state index in [2.05, 4.69) is 0 Å². The second-order valence-electron chi connectivity index (χ2n) is 5.31. The molecule has 106 valence electrons. The molecule has 2 saturated heterocycles. The van der Waals surface area contributed by atoms with Crippen LogP contribution >= 0.6 is 0 Å². The van der Waals surface area contributed by atoms with Crippen LogP contribution in [0.25, 0.3) is 0 Å². The molecule has 0 amide bonds. The highest BCUT2D eigenvalue weighted by molar-refractivity contribution is 5.59. The Balaban J connectivity index is 1.92. The lowest BCUT2D eigenvalue weighted by atomic mass is 9.75. The lowest BCUT2D eigenvalue weighted by Gasteiger charge is -2.45. The minimum Gasteiger partial charge on any atom is -0.343 e. The minimum atomic E-state index is -0.973. The molecule has 5 nitrogen and oxygen atoms in total. The average Bonchev–Trinajstić information content (AvgIpc) is 3.15. The first-order valence-electron chi connectivity index (χ1n) is 6.92. The van der Waals surface area contributed by atoms with Gasteiger partial charge in [0.2, 0.25) is 5.79 Å². The van der Waals surface area contributed by atoms with Gasteiger partial charge in [0.1, 0.15) is 6.29 Å². The first-order chi connectivity index (χ1) is 9.81. The highest BCUT2D eigenvalue weighted by atomic mass is 16.8. The van der Waals surface area contributed by atoms with E-state index in [-0.39, 0.29) is 0 Å². The van der Waals surface area contributed by atoms with Crippen molar-refractivity contribution in [3.63, 3.8) is 0 Å². The molecule has 5 heteroatoms. The second kappa shape index (κ2) is 4.36. The Bertz CT molecular complexity index is 529. The van der Waals surface area contributed by atoms with Gasteiger partial charge in [0, 0.05) is 17.5 Å². The number of carbonyl (C=O) groups is 1. The van der Waals surface area contributed by atoms with Gasteiger partial charge in [0.25, 0.3) is 0 Å². The zero-order chi connectivity index (χ0) is 13.6. The first-order valence-corrected chi connectivity index (χ1v) is 6.92. The van der Waals surface area contributed by atoms with E-state index in [1.54, 1.807) is 0 Å². The molecule has 1 atom stereocenters. The molecule has 20 heavy (non-hydrogen) atoms. The lowest BCUT2D eigenvalue weighted by molar-refractivity contribution is -0.257. The van der Waals surface area contributed by atoms with Gasteiger partial charge in [-0.2, -0.15) is 0 Å². The van der Waals surface area contributed by atoms with E-state index >= 15 is 0 Å². The molecule has 3 aliphatic rings. The molecule has 0 unspecified atom stereocenters. The fourth-order valence-corrected chi connectivity index (χ4v) is 3.52. The van der Waals surface area contributed by atoms with Crippen LogP contribution < -0.4 is 0 Å². The smallest absolute Gasteiger partial charge is 0.205 e. The Morgan fingerprint density at radius 3 is 2.20 bits per heavy atom. The van der Waals surface area contributed by atoms with E-state index in [0.29, 0.717) is 32.8 Å². The van der Waals surface area contributed by atoms with Crippen molar-refractivity contribution < 1.29 is 23.7 Å². The summed E-state index contributed by atoms with van der Waals surface area (Å²) in [7, 11) is 0. The summed E-state index contributed by atoms with van der Waals surface area (Å²) in [4.78, 5) is 11.6. The Morgan fingerprint density at radius 1 is 0.950 bits per heavy atom. The fourth-order valence-electron chi connectivity index (χ4n) is 3.52. The molecular formula is C15H16O5. The van der Waals surface area contributed by atoms with E-state index in [0.717, 1.165) is 17.4 Å². The van der Waals surface area contributed by atoms with Crippen LogP contribution in [-0.4, -0.2) is 32.7 Å². The van der Waals surface area contributed by atoms with E-state index in [4.69, 9.17) is 18.9 Å². The van der Waals surface area contributed by atoms with Crippen molar-refractivity contribution in [1.82, 2.24) is 0 Å². The Labute approximate surface area is 116 Å². The first kappa shape index (κ1) is 12.5. The number of rotatable bonds is 1. The van der Waals surface area contributed by atoms with Crippen molar-refractivity contribution in [3.8, 4) is 0 Å². The van der Waals surface area contributed by atoms with Crippen molar-refractivity contribution in [3.05, 3.63) is 35.4 Å². The molecule has 1 aromatic rings. The van der Waals surface area contributed by atoms with Gasteiger partial charge >= 0.3 is 0 Å². The van der Waals surface area contributed by atoms with E-state index in [1.807, 2.05) is 24.3 Å². The van der Waals surface area contributed by atoms with Gasteiger partial charge in [-0.1, -0.05) is 24.3 Å². The summed E-state index contributed by atoms with van der Waals surface area (Å²) in [6.07, 6.45) is 1.32. The van der Waals surface area contributed by atoms with Crippen LogP contribution in [0.15, 0.2) is 24.3 Å². The van der Waals surface area contributed by atoms with Crippen LogP contribution in [0.3, 0.4) is 0 Å². The summed E-state index contributed by atoms with van der Waals surface area (Å²) in [6, 6.07) is 7.76. The van der Waals surface area contributed by atoms with Crippen LogP contribution in [0, 0.1) is 5.92 Å². The number of benzene rings is 1. The third-order valence-electron chi connectivity index (χ3n) is 4.32. The maximum absolute atomic E-state index is 11.6. The number of carbonyl (C=O) groups excluding carboxylic acids is 1. The normalized spacial score (nSPS) is 29.7. The van der Waals surface area contributed by atoms with E-state index in [9.17, 15) is 4.79 Å². The average molecular weight is 276 g/mol. The predicted octanol–water partition coefficient (Wildman–Crippen LogP) is 1.30. The monoisotopic (exact) mass is 276 g/mol. The third kappa shape index (κ3) is 1.49. The Morgan fingerprint density at radius 2 is 1.55 bits per heavy atom. The number of fused-ring (bicyclic) bond motifs is 3. The minimum absolute atomic E-state index is 0.424. The van der Waals surface area contributed by atoms with Gasteiger partial charge in [0.15, 0.2) is 5.79 Å². The predicted molar refractivity (Wildman–Crippen MR) is 67.8 cm³/mol. The fraction of sp³-hybridized carbons (Fsp3) is 0.533. The molecule has 0 saturated carbocycles. The molecule has 1 aliphatic carbocycles. The molecule has 1 aromatic carbocycles. The summed E-state index contributed by atoms with van der Waals surface area (Å²) in [5, 5.41) is 0. The quantitative estimate of drug-likeness (QED) is 0.724. The molecule has 2 spiro atoms. The van der Waals surface area contributed by atoms with Crippen molar-refractivity contribution in [2.45, 2.75) is 18.0 Å². The maximum atomic E-state index is 11.6. The highest BCUT2D eigenvalue weighted by Gasteiger charge is 2.58. The summed E-state index contributed by atoms with van der Waals surface area (Å²) >= 11 is 0. The van der Waals surface area contributed by atoms with Gasteiger partial charge in [-0.15, -0.1) is 0 Å². The molecule has 0 aromatic heterocycles. The van der Waals surface area contributed by atoms with E-state index < -0.39 is 17.5 Å². The molecule has 2 heterocycles. The summed E-state index contributed by atoms with van der Waals surface area (Å²) in [6.45, 7) is 2.06. The number of ether oxygens (including phenoxy) is 4. The standard InChI is InChI=1S/C15H16O5/c16-10-11-9-14(17-5-6-18-14)12-3-1-2-4-13(12)15(11)19-7-8-20-15/h1-4,10-11H,5-9H2/t11-/m0/s1. The Hall–Kier alpha value is -1.27. The van der Waals surface area contributed by atoms with Crippen LogP contribution in [0.2, 0.25) is 0 Å². The highest BCUT2D eigenvalue weighted by Crippen LogP contribution is 2.53. The zero-order valence-electron chi connectivity index (χ0n) is 11.0. The van der Waals surface area contributed by atoms with Gasteiger partial charge in [-0.05, 0) is 0 Å². The van der Waals surface area contributed by atoms with Gasteiger partial charge < -0.3 is 23.7 Å². The number of hydrogen-bond acceptors (Lipinski definition) is 5. The summed E-state index contributed by atoms with van der Waals surface area (Å²) in [5.74, 6) is -2.24. The van der Waals surface area contributed by atoms with Crippen molar-refractivity contribution in [2.24, 2.45) is 5.92 Å². The van der Waals surface area contributed by atoms with Crippen LogP contribution in [0.5, 0.6) is 0 Å². The largest absolute Gasteiger partial charge is 0.343 e. The zero-order valence-corrected chi connectivity index (χ0v) is 11.0. The van der Waals surface area contributed by atoms with Crippen LogP contribution in [0.4, 0.5) is 0 Å².